The van der Waals surface area contributed by atoms with E-state index in [0.717, 1.165) is 43.6 Å². The first-order chi connectivity index (χ1) is 12.6. The summed E-state index contributed by atoms with van der Waals surface area (Å²) < 4.78 is 0. The molecule has 1 aromatic carbocycles. The summed E-state index contributed by atoms with van der Waals surface area (Å²) in [6, 6.07) is 8.78. The normalized spacial score (nSPS) is 14.7. The molecule has 2 aromatic rings. The van der Waals surface area contributed by atoms with Gasteiger partial charge in [0.05, 0.1) is 11.5 Å². The van der Waals surface area contributed by atoms with Crippen molar-refractivity contribution < 1.29 is 9.72 Å². The minimum Gasteiger partial charge on any atom is -0.366 e. The van der Waals surface area contributed by atoms with E-state index >= 15 is 0 Å². The van der Waals surface area contributed by atoms with Crippen LogP contribution in [0.15, 0.2) is 35.7 Å². The van der Waals surface area contributed by atoms with Crippen LogP contribution in [0.1, 0.15) is 40.9 Å². The quantitative estimate of drug-likeness (QED) is 0.579. The van der Waals surface area contributed by atoms with Gasteiger partial charge in [0.15, 0.2) is 0 Å². The number of hydrogen-bond acceptors (Lipinski definition) is 5. The van der Waals surface area contributed by atoms with Crippen LogP contribution in [-0.2, 0) is 6.54 Å². The second-order valence-electron chi connectivity index (χ2n) is 6.60. The molecule has 1 aliphatic rings. The van der Waals surface area contributed by atoms with Gasteiger partial charge in [-0.1, -0.05) is 18.9 Å². The molecular formula is C19H23N3O3S. The monoisotopic (exact) mass is 373 g/mol. The van der Waals surface area contributed by atoms with Gasteiger partial charge < -0.3 is 9.80 Å². The standard InChI is InChI=1S/C19H23N3O3S/c1-20(14-16-7-6-12-26-16)19(23)15-8-9-17(18(13-15)22(24)25)21-10-4-2-3-5-11-21/h6-9,12-13H,2-5,10-11,14H2,1H3. The summed E-state index contributed by atoms with van der Waals surface area (Å²) in [5, 5.41) is 13.6. The van der Waals surface area contributed by atoms with Crippen LogP contribution in [0, 0.1) is 10.1 Å². The molecule has 0 saturated carbocycles. The Balaban J connectivity index is 1.83. The maximum absolute atomic E-state index is 12.7. The predicted molar refractivity (Wildman–Crippen MR) is 104 cm³/mol. The number of nitro benzene ring substituents is 1. The maximum Gasteiger partial charge on any atom is 0.293 e. The summed E-state index contributed by atoms with van der Waals surface area (Å²) in [5.74, 6) is -0.205. The number of nitro groups is 1. The van der Waals surface area contributed by atoms with E-state index in [1.807, 2.05) is 17.5 Å². The Morgan fingerprint density at radius 1 is 1.23 bits per heavy atom. The fraction of sp³-hybridized carbons (Fsp3) is 0.421. The van der Waals surface area contributed by atoms with E-state index in [9.17, 15) is 14.9 Å². The van der Waals surface area contributed by atoms with Gasteiger partial charge in [-0.25, -0.2) is 0 Å². The molecule has 1 aromatic heterocycles. The average molecular weight is 373 g/mol. The van der Waals surface area contributed by atoms with Crippen LogP contribution >= 0.6 is 11.3 Å². The first kappa shape index (κ1) is 18.4. The SMILES string of the molecule is CN(Cc1cccs1)C(=O)c1ccc(N2CCCCCC2)c([N+](=O)[O-])c1. The molecule has 1 aliphatic heterocycles. The Kier molecular flexibility index (Phi) is 5.88. The molecule has 1 amide bonds. The van der Waals surface area contributed by atoms with E-state index in [1.54, 1.807) is 35.4 Å². The summed E-state index contributed by atoms with van der Waals surface area (Å²) in [6.07, 6.45) is 4.41. The topological polar surface area (TPSA) is 66.7 Å². The molecule has 0 radical (unpaired) electrons. The van der Waals surface area contributed by atoms with Gasteiger partial charge in [-0.05, 0) is 36.4 Å². The third-order valence-corrected chi connectivity index (χ3v) is 5.55. The van der Waals surface area contributed by atoms with Gasteiger partial charge in [-0.2, -0.15) is 0 Å². The van der Waals surface area contributed by atoms with Crippen LogP contribution in [-0.4, -0.2) is 35.9 Å². The van der Waals surface area contributed by atoms with Crippen molar-refractivity contribution in [3.63, 3.8) is 0 Å². The smallest absolute Gasteiger partial charge is 0.293 e. The Labute approximate surface area is 157 Å². The van der Waals surface area contributed by atoms with Crippen molar-refractivity contribution in [2.75, 3.05) is 25.0 Å². The lowest BCUT2D eigenvalue weighted by molar-refractivity contribution is -0.384. The van der Waals surface area contributed by atoms with Crippen molar-refractivity contribution in [2.24, 2.45) is 0 Å². The van der Waals surface area contributed by atoms with Gasteiger partial charge in [0, 0.05) is 36.6 Å². The molecule has 3 rings (SSSR count). The molecule has 1 fully saturated rings. The molecule has 6 nitrogen and oxygen atoms in total. The molecule has 0 aliphatic carbocycles. The van der Waals surface area contributed by atoms with Crippen molar-refractivity contribution in [1.29, 1.82) is 0 Å². The number of benzene rings is 1. The molecule has 26 heavy (non-hydrogen) atoms. The van der Waals surface area contributed by atoms with E-state index in [4.69, 9.17) is 0 Å². The Bertz CT molecular complexity index is 768. The molecule has 138 valence electrons. The first-order valence-electron chi connectivity index (χ1n) is 8.87. The molecule has 2 heterocycles. The van der Waals surface area contributed by atoms with E-state index in [-0.39, 0.29) is 16.5 Å². The molecule has 0 bridgehead atoms. The average Bonchev–Trinajstić information content (AvgIpc) is 3.00. The fourth-order valence-corrected chi connectivity index (χ4v) is 4.07. The van der Waals surface area contributed by atoms with Crippen molar-refractivity contribution in [2.45, 2.75) is 32.2 Å². The van der Waals surface area contributed by atoms with E-state index < -0.39 is 0 Å². The number of rotatable bonds is 5. The lowest BCUT2D eigenvalue weighted by atomic mass is 10.1. The number of nitrogens with zero attached hydrogens (tertiary/aromatic N) is 3. The van der Waals surface area contributed by atoms with Crippen LogP contribution in [0.4, 0.5) is 11.4 Å². The van der Waals surface area contributed by atoms with Crippen molar-refractivity contribution in [3.8, 4) is 0 Å². The van der Waals surface area contributed by atoms with Crippen LogP contribution < -0.4 is 4.90 Å². The Morgan fingerprint density at radius 2 is 1.96 bits per heavy atom. The summed E-state index contributed by atoms with van der Waals surface area (Å²) in [7, 11) is 1.72. The number of anilines is 1. The molecule has 0 spiro atoms. The first-order valence-corrected chi connectivity index (χ1v) is 9.75. The summed E-state index contributed by atoms with van der Waals surface area (Å²) in [6.45, 7) is 2.15. The zero-order chi connectivity index (χ0) is 18.5. The van der Waals surface area contributed by atoms with Crippen molar-refractivity contribution >= 4 is 28.6 Å². The third kappa shape index (κ3) is 4.22. The highest BCUT2D eigenvalue weighted by molar-refractivity contribution is 7.09. The Morgan fingerprint density at radius 3 is 2.58 bits per heavy atom. The highest BCUT2D eigenvalue weighted by Gasteiger charge is 2.23. The van der Waals surface area contributed by atoms with Crippen molar-refractivity contribution in [1.82, 2.24) is 4.90 Å². The van der Waals surface area contributed by atoms with Gasteiger partial charge in [0.25, 0.3) is 11.6 Å². The molecule has 0 N–H and O–H groups in total. The van der Waals surface area contributed by atoms with Crippen LogP contribution in [0.3, 0.4) is 0 Å². The number of thiophene rings is 1. The molecule has 7 heteroatoms. The van der Waals surface area contributed by atoms with Gasteiger partial charge >= 0.3 is 0 Å². The number of carbonyl (C=O) groups is 1. The van der Waals surface area contributed by atoms with E-state index in [0.29, 0.717) is 17.8 Å². The van der Waals surface area contributed by atoms with Gasteiger partial charge in [0.1, 0.15) is 5.69 Å². The van der Waals surface area contributed by atoms with Gasteiger partial charge in [-0.3, -0.25) is 14.9 Å². The largest absolute Gasteiger partial charge is 0.366 e. The second-order valence-corrected chi connectivity index (χ2v) is 7.63. The minimum absolute atomic E-state index is 0.0160. The van der Waals surface area contributed by atoms with Crippen LogP contribution in [0.25, 0.3) is 0 Å². The Hall–Kier alpha value is -2.41. The van der Waals surface area contributed by atoms with Crippen LogP contribution in [0.5, 0.6) is 0 Å². The van der Waals surface area contributed by atoms with E-state index in [2.05, 4.69) is 4.90 Å². The summed E-state index contributed by atoms with van der Waals surface area (Å²) in [5.41, 5.74) is 0.992. The number of amides is 1. The lowest BCUT2D eigenvalue weighted by Gasteiger charge is -2.23. The highest BCUT2D eigenvalue weighted by Crippen LogP contribution is 2.31. The van der Waals surface area contributed by atoms with Crippen LogP contribution in [0.2, 0.25) is 0 Å². The maximum atomic E-state index is 12.7. The zero-order valence-corrected chi connectivity index (χ0v) is 15.7. The summed E-state index contributed by atoms with van der Waals surface area (Å²) in [4.78, 5) is 28.7. The van der Waals surface area contributed by atoms with E-state index in [1.165, 1.54) is 6.07 Å². The molecular weight excluding hydrogens is 350 g/mol. The predicted octanol–water partition coefficient (Wildman–Crippen LogP) is 4.31. The molecule has 0 atom stereocenters. The lowest BCUT2D eigenvalue weighted by Crippen LogP contribution is -2.27. The number of carbonyl (C=O) groups excluding carboxylic acids is 1. The molecule has 1 saturated heterocycles. The highest BCUT2D eigenvalue weighted by atomic mass is 32.1. The van der Waals surface area contributed by atoms with Gasteiger partial charge in [-0.15, -0.1) is 11.3 Å². The fourth-order valence-electron chi connectivity index (χ4n) is 3.31. The second kappa shape index (κ2) is 8.31. The zero-order valence-electron chi connectivity index (χ0n) is 14.9. The number of hydrogen-bond donors (Lipinski definition) is 0. The van der Waals surface area contributed by atoms with Crippen molar-refractivity contribution in [3.05, 3.63) is 56.3 Å². The molecule has 0 unspecified atom stereocenters. The summed E-state index contributed by atoms with van der Waals surface area (Å²) >= 11 is 1.59. The minimum atomic E-state index is -0.379. The van der Waals surface area contributed by atoms with Gasteiger partial charge in [0.2, 0.25) is 0 Å². The third-order valence-electron chi connectivity index (χ3n) is 4.69.